The Kier molecular flexibility index (Phi) is 4.40. The van der Waals surface area contributed by atoms with Crippen molar-refractivity contribution in [2.24, 2.45) is 5.73 Å². The molecule has 4 nitrogen and oxygen atoms in total. The van der Waals surface area contributed by atoms with Gasteiger partial charge in [0.1, 0.15) is 0 Å². The molecule has 102 valence electrons. The first-order valence-electron chi connectivity index (χ1n) is 7.00. The molecule has 0 unspecified atom stereocenters. The third-order valence-corrected chi connectivity index (χ3v) is 3.68. The number of hydrogen-bond donors (Lipinski definition) is 1. The van der Waals surface area contributed by atoms with Gasteiger partial charge in [0, 0.05) is 17.8 Å². The van der Waals surface area contributed by atoms with E-state index in [0.29, 0.717) is 19.3 Å². The molecule has 0 amide bonds. The Morgan fingerprint density at radius 3 is 2.72 bits per heavy atom. The van der Waals surface area contributed by atoms with Crippen LogP contribution in [0.1, 0.15) is 57.7 Å². The lowest BCUT2D eigenvalue weighted by Gasteiger charge is -2.32. The molecule has 0 radical (unpaired) electrons. The predicted molar refractivity (Wildman–Crippen MR) is 72.3 cm³/mol. The minimum atomic E-state index is -0.0983. The molecule has 2 N–H and O–H groups in total. The van der Waals surface area contributed by atoms with Gasteiger partial charge in [-0.3, -0.25) is 4.68 Å². The number of nitrogens with two attached hydrogens (primary N) is 1. The maximum atomic E-state index is 6.33. The fourth-order valence-electron chi connectivity index (χ4n) is 2.50. The van der Waals surface area contributed by atoms with Gasteiger partial charge in [-0.05, 0) is 32.8 Å². The summed E-state index contributed by atoms with van der Waals surface area (Å²) >= 11 is 0. The molecule has 1 aromatic heterocycles. The van der Waals surface area contributed by atoms with Crippen LogP contribution in [0.3, 0.4) is 0 Å². The average Bonchev–Trinajstić information content (AvgIpc) is 2.78. The van der Waals surface area contributed by atoms with Crippen molar-refractivity contribution in [3.63, 3.8) is 0 Å². The quantitative estimate of drug-likeness (QED) is 0.875. The Morgan fingerprint density at radius 1 is 1.39 bits per heavy atom. The summed E-state index contributed by atoms with van der Waals surface area (Å²) in [5.41, 5.74) is 7.22. The van der Waals surface area contributed by atoms with Crippen LogP contribution in [0, 0.1) is 0 Å². The lowest BCUT2D eigenvalue weighted by Crippen LogP contribution is -2.46. The largest absolute Gasteiger partial charge is 0.373 e. The molecule has 0 saturated heterocycles. The minimum Gasteiger partial charge on any atom is -0.373 e. The van der Waals surface area contributed by atoms with E-state index in [-0.39, 0.29) is 5.54 Å². The summed E-state index contributed by atoms with van der Waals surface area (Å²) < 4.78 is 7.71. The molecule has 0 aliphatic heterocycles. The average molecular weight is 251 g/mol. The molecular weight excluding hydrogens is 226 g/mol. The summed E-state index contributed by atoms with van der Waals surface area (Å²) in [5, 5.41) is 4.47. The van der Waals surface area contributed by atoms with Gasteiger partial charge in [-0.25, -0.2) is 0 Å². The van der Waals surface area contributed by atoms with Crippen LogP contribution in [0.5, 0.6) is 0 Å². The second kappa shape index (κ2) is 5.85. The molecule has 18 heavy (non-hydrogen) atoms. The molecule has 1 aromatic rings. The van der Waals surface area contributed by atoms with E-state index in [1.807, 2.05) is 16.9 Å². The van der Waals surface area contributed by atoms with Gasteiger partial charge < -0.3 is 10.5 Å². The zero-order chi connectivity index (χ0) is 13.0. The summed E-state index contributed by atoms with van der Waals surface area (Å²) in [5.74, 6) is 0. The van der Waals surface area contributed by atoms with E-state index in [9.17, 15) is 0 Å². The fraction of sp³-hybridized carbons (Fsp3) is 0.786. The summed E-state index contributed by atoms with van der Waals surface area (Å²) in [6.07, 6.45) is 7.98. The van der Waals surface area contributed by atoms with Crippen LogP contribution in [0.2, 0.25) is 0 Å². The molecule has 1 aliphatic rings. The van der Waals surface area contributed by atoms with Crippen molar-refractivity contribution < 1.29 is 4.74 Å². The molecule has 0 bridgehead atoms. The normalized spacial score (nSPS) is 19.3. The van der Waals surface area contributed by atoms with Gasteiger partial charge in [-0.2, -0.15) is 5.10 Å². The zero-order valence-corrected chi connectivity index (χ0v) is 11.6. The number of aromatic nitrogens is 2. The van der Waals surface area contributed by atoms with Crippen LogP contribution in [0.15, 0.2) is 12.3 Å². The molecule has 1 fully saturated rings. The third kappa shape index (κ3) is 3.56. The van der Waals surface area contributed by atoms with E-state index in [0.717, 1.165) is 18.5 Å². The Hall–Kier alpha value is -0.870. The van der Waals surface area contributed by atoms with Gasteiger partial charge in [0.15, 0.2) is 0 Å². The van der Waals surface area contributed by atoms with Crippen molar-refractivity contribution in [2.75, 3.05) is 6.61 Å². The summed E-state index contributed by atoms with van der Waals surface area (Å²) in [6.45, 7) is 5.46. The number of rotatable bonds is 5. The monoisotopic (exact) mass is 251 g/mol. The van der Waals surface area contributed by atoms with Gasteiger partial charge in [0.25, 0.3) is 0 Å². The standard InChI is InChI=1S/C14H25N3O/c1-12(2)17-9-6-13(16-17)10-18-11-14(15)7-4-3-5-8-14/h6,9,12H,3-5,7-8,10-11,15H2,1-2H3. The first-order valence-corrected chi connectivity index (χ1v) is 7.00. The molecule has 4 heteroatoms. The Balaban J connectivity index is 1.77. The van der Waals surface area contributed by atoms with Crippen molar-refractivity contribution >= 4 is 0 Å². The Labute approximate surface area is 110 Å². The fourth-order valence-corrected chi connectivity index (χ4v) is 2.50. The van der Waals surface area contributed by atoms with Gasteiger partial charge in [-0.15, -0.1) is 0 Å². The maximum Gasteiger partial charge on any atom is 0.0907 e. The van der Waals surface area contributed by atoms with E-state index in [1.54, 1.807) is 0 Å². The lowest BCUT2D eigenvalue weighted by atomic mass is 9.83. The van der Waals surface area contributed by atoms with Crippen molar-refractivity contribution in [2.45, 2.75) is 64.1 Å². The highest BCUT2D eigenvalue weighted by Crippen LogP contribution is 2.26. The first-order chi connectivity index (χ1) is 8.59. The van der Waals surface area contributed by atoms with Crippen LogP contribution >= 0.6 is 0 Å². The molecular formula is C14H25N3O. The zero-order valence-electron chi connectivity index (χ0n) is 11.6. The summed E-state index contributed by atoms with van der Waals surface area (Å²) in [7, 11) is 0. The summed E-state index contributed by atoms with van der Waals surface area (Å²) in [4.78, 5) is 0. The highest BCUT2D eigenvalue weighted by Gasteiger charge is 2.27. The number of ether oxygens (including phenoxy) is 1. The van der Waals surface area contributed by atoms with Crippen LogP contribution in [-0.4, -0.2) is 21.9 Å². The van der Waals surface area contributed by atoms with Crippen molar-refractivity contribution in [1.82, 2.24) is 9.78 Å². The summed E-state index contributed by atoms with van der Waals surface area (Å²) in [6, 6.07) is 2.42. The molecule has 1 saturated carbocycles. The smallest absolute Gasteiger partial charge is 0.0907 e. The first kappa shape index (κ1) is 13.6. The van der Waals surface area contributed by atoms with Gasteiger partial charge in [0.05, 0.1) is 18.9 Å². The maximum absolute atomic E-state index is 6.33. The number of nitrogens with zero attached hydrogens (tertiary/aromatic N) is 2. The Morgan fingerprint density at radius 2 is 2.11 bits per heavy atom. The van der Waals surface area contributed by atoms with Crippen LogP contribution < -0.4 is 5.73 Å². The number of hydrogen-bond acceptors (Lipinski definition) is 3. The van der Waals surface area contributed by atoms with Gasteiger partial charge in [-0.1, -0.05) is 19.3 Å². The van der Waals surface area contributed by atoms with Crippen molar-refractivity contribution in [1.29, 1.82) is 0 Å². The van der Waals surface area contributed by atoms with E-state index in [4.69, 9.17) is 10.5 Å². The van der Waals surface area contributed by atoms with Crippen LogP contribution in [0.4, 0.5) is 0 Å². The lowest BCUT2D eigenvalue weighted by molar-refractivity contribution is 0.0555. The minimum absolute atomic E-state index is 0.0983. The topological polar surface area (TPSA) is 53.1 Å². The molecule has 1 heterocycles. The van der Waals surface area contributed by atoms with Gasteiger partial charge >= 0.3 is 0 Å². The SMILES string of the molecule is CC(C)n1ccc(COCC2(N)CCCCC2)n1. The molecule has 0 spiro atoms. The highest BCUT2D eigenvalue weighted by atomic mass is 16.5. The molecule has 0 atom stereocenters. The Bertz CT molecular complexity index is 367. The highest BCUT2D eigenvalue weighted by molar-refractivity contribution is 4.98. The van der Waals surface area contributed by atoms with E-state index >= 15 is 0 Å². The van der Waals surface area contributed by atoms with Gasteiger partial charge in [0.2, 0.25) is 0 Å². The second-order valence-electron chi connectivity index (χ2n) is 5.80. The van der Waals surface area contributed by atoms with E-state index in [2.05, 4.69) is 18.9 Å². The van der Waals surface area contributed by atoms with E-state index in [1.165, 1.54) is 19.3 Å². The van der Waals surface area contributed by atoms with Crippen LogP contribution in [0.25, 0.3) is 0 Å². The third-order valence-electron chi connectivity index (χ3n) is 3.68. The molecule has 2 rings (SSSR count). The molecule has 0 aromatic carbocycles. The van der Waals surface area contributed by atoms with Crippen molar-refractivity contribution in [3.8, 4) is 0 Å². The predicted octanol–water partition coefficient (Wildman–Crippen LogP) is 2.64. The second-order valence-corrected chi connectivity index (χ2v) is 5.80. The van der Waals surface area contributed by atoms with Crippen LogP contribution in [-0.2, 0) is 11.3 Å². The van der Waals surface area contributed by atoms with Crippen molar-refractivity contribution in [3.05, 3.63) is 18.0 Å². The molecule has 1 aliphatic carbocycles. The van der Waals surface area contributed by atoms with E-state index < -0.39 is 0 Å².